The minimum atomic E-state index is -0.836. The number of carbonyl (C=O) groups is 1. The second-order valence-corrected chi connectivity index (χ2v) is 4.98. The van der Waals surface area contributed by atoms with Gasteiger partial charge in [-0.2, -0.15) is 0 Å². The molecule has 1 heterocycles. The van der Waals surface area contributed by atoms with Crippen LogP contribution in [0.5, 0.6) is 5.75 Å². The highest BCUT2D eigenvalue weighted by molar-refractivity contribution is 5.82. The van der Waals surface area contributed by atoms with Crippen LogP contribution in [0.15, 0.2) is 48.5 Å². The number of phenolic OH excluding ortho intramolecular Hbond substituents is 1. The number of anilines is 1. The van der Waals surface area contributed by atoms with Crippen LogP contribution in [0.25, 0.3) is 0 Å². The van der Waals surface area contributed by atoms with E-state index >= 15 is 0 Å². The van der Waals surface area contributed by atoms with E-state index in [9.17, 15) is 15.0 Å². The Bertz CT molecular complexity index is 639. The first-order valence-electron chi connectivity index (χ1n) is 6.50. The fourth-order valence-corrected chi connectivity index (χ4v) is 2.70. The molecule has 0 fully saturated rings. The molecule has 1 unspecified atom stereocenters. The summed E-state index contributed by atoms with van der Waals surface area (Å²) < 4.78 is 0. The van der Waals surface area contributed by atoms with Gasteiger partial charge in [-0.25, -0.2) is 4.79 Å². The van der Waals surface area contributed by atoms with Gasteiger partial charge in [0, 0.05) is 18.7 Å². The maximum absolute atomic E-state index is 11.5. The van der Waals surface area contributed by atoms with Crippen LogP contribution in [0.4, 0.5) is 5.69 Å². The second-order valence-electron chi connectivity index (χ2n) is 4.98. The highest BCUT2D eigenvalue weighted by atomic mass is 16.4. The third kappa shape index (κ3) is 2.20. The summed E-state index contributed by atoms with van der Waals surface area (Å²) in [5.74, 6) is -0.661. The maximum atomic E-state index is 11.5. The fraction of sp³-hybridized carbons (Fsp3) is 0.188. The molecule has 0 bridgehead atoms. The molecule has 2 aromatic rings. The van der Waals surface area contributed by atoms with Crippen LogP contribution < -0.4 is 4.90 Å². The average Bonchev–Trinajstić information content (AvgIpc) is 2.78. The molecule has 1 aliphatic heterocycles. The molecule has 1 atom stereocenters. The lowest BCUT2D eigenvalue weighted by atomic mass is 10.1. The van der Waals surface area contributed by atoms with Gasteiger partial charge in [-0.3, -0.25) is 0 Å². The summed E-state index contributed by atoms with van der Waals surface area (Å²) in [6.07, 6.45) is 0.423. The van der Waals surface area contributed by atoms with Crippen molar-refractivity contribution in [2.75, 3.05) is 4.90 Å². The Labute approximate surface area is 116 Å². The van der Waals surface area contributed by atoms with Crippen molar-refractivity contribution < 1.29 is 15.0 Å². The van der Waals surface area contributed by atoms with Crippen molar-refractivity contribution in [3.63, 3.8) is 0 Å². The summed E-state index contributed by atoms with van der Waals surface area (Å²) in [6, 6.07) is 14.3. The predicted octanol–water partition coefficient (Wildman–Crippen LogP) is 2.41. The van der Waals surface area contributed by atoms with Gasteiger partial charge in [0.2, 0.25) is 0 Å². The summed E-state index contributed by atoms with van der Waals surface area (Å²) in [5.41, 5.74) is 2.84. The SMILES string of the molecule is O=C(O)C1Cc2cc(O)ccc2N1Cc1ccccc1. The van der Waals surface area contributed by atoms with Gasteiger partial charge in [-0.1, -0.05) is 30.3 Å². The average molecular weight is 269 g/mol. The molecule has 4 heteroatoms. The zero-order valence-corrected chi connectivity index (χ0v) is 10.9. The number of rotatable bonds is 3. The number of carboxylic acid groups (broad SMARTS) is 1. The number of carboxylic acids is 1. The first-order chi connectivity index (χ1) is 9.65. The van der Waals surface area contributed by atoms with E-state index in [1.165, 1.54) is 0 Å². The minimum Gasteiger partial charge on any atom is -0.508 e. The highest BCUT2D eigenvalue weighted by Gasteiger charge is 2.34. The van der Waals surface area contributed by atoms with Gasteiger partial charge >= 0.3 is 5.97 Å². The Morgan fingerprint density at radius 2 is 1.95 bits per heavy atom. The van der Waals surface area contributed by atoms with Gasteiger partial charge < -0.3 is 15.1 Å². The van der Waals surface area contributed by atoms with E-state index in [4.69, 9.17) is 0 Å². The van der Waals surface area contributed by atoms with E-state index in [2.05, 4.69) is 0 Å². The monoisotopic (exact) mass is 269 g/mol. The van der Waals surface area contributed by atoms with Crippen LogP contribution in [-0.2, 0) is 17.8 Å². The number of aliphatic carboxylic acids is 1. The van der Waals surface area contributed by atoms with Crippen LogP contribution in [0.2, 0.25) is 0 Å². The van der Waals surface area contributed by atoms with Crippen molar-refractivity contribution >= 4 is 11.7 Å². The lowest BCUT2D eigenvalue weighted by Crippen LogP contribution is -2.38. The Kier molecular flexibility index (Phi) is 3.06. The lowest BCUT2D eigenvalue weighted by molar-refractivity contribution is -0.138. The van der Waals surface area contributed by atoms with Crippen LogP contribution in [0.1, 0.15) is 11.1 Å². The van der Waals surface area contributed by atoms with E-state index < -0.39 is 12.0 Å². The molecule has 20 heavy (non-hydrogen) atoms. The summed E-state index contributed by atoms with van der Waals surface area (Å²) in [5, 5.41) is 18.9. The van der Waals surface area contributed by atoms with Crippen LogP contribution in [0, 0.1) is 0 Å². The quantitative estimate of drug-likeness (QED) is 0.898. The number of aromatic hydroxyl groups is 1. The fourth-order valence-electron chi connectivity index (χ4n) is 2.70. The zero-order chi connectivity index (χ0) is 14.1. The largest absolute Gasteiger partial charge is 0.508 e. The first kappa shape index (κ1) is 12.5. The number of benzene rings is 2. The van der Waals surface area contributed by atoms with E-state index in [-0.39, 0.29) is 5.75 Å². The molecule has 0 spiro atoms. The topological polar surface area (TPSA) is 60.8 Å². The maximum Gasteiger partial charge on any atom is 0.326 e. The van der Waals surface area contributed by atoms with Crippen LogP contribution in [-0.4, -0.2) is 22.2 Å². The second kappa shape index (κ2) is 4.89. The van der Waals surface area contributed by atoms with Gasteiger partial charge in [-0.05, 0) is 29.3 Å². The molecular formula is C16H15NO3. The summed E-state index contributed by atoms with van der Waals surface area (Å²) in [7, 11) is 0. The van der Waals surface area contributed by atoms with Crippen LogP contribution in [0.3, 0.4) is 0 Å². The smallest absolute Gasteiger partial charge is 0.326 e. The lowest BCUT2D eigenvalue weighted by Gasteiger charge is -2.24. The molecule has 2 N–H and O–H groups in total. The summed E-state index contributed by atoms with van der Waals surface area (Å²) >= 11 is 0. The molecule has 0 aromatic heterocycles. The van der Waals surface area contributed by atoms with Gasteiger partial charge in [0.25, 0.3) is 0 Å². The normalized spacial score (nSPS) is 17.0. The molecule has 2 aromatic carbocycles. The molecule has 4 nitrogen and oxygen atoms in total. The van der Waals surface area contributed by atoms with Gasteiger partial charge in [0.15, 0.2) is 0 Å². The predicted molar refractivity (Wildman–Crippen MR) is 75.9 cm³/mol. The molecule has 1 aliphatic rings. The Hall–Kier alpha value is -2.49. The number of phenols is 1. The summed E-state index contributed by atoms with van der Waals surface area (Å²) in [4.78, 5) is 13.3. The Balaban J connectivity index is 1.96. The van der Waals surface area contributed by atoms with E-state index in [1.54, 1.807) is 18.2 Å². The molecule has 0 aliphatic carbocycles. The standard InChI is InChI=1S/C16H15NO3/c18-13-6-7-14-12(8-13)9-15(16(19)20)17(14)10-11-4-2-1-3-5-11/h1-8,15,18H,9-10H2,(H,19,20). The molecule has 0 saturated carbocycles. The van der Waals surface area contributed by atoms with Crippen molar-refractivity contribution in [2.24, 2.45) is 0 Å². The van der Waals surface area contributed by atoms with Crippen molar-refractivity contribution in [1.29, 1.82) is 0 Å². The van der Waals surface area contributed by atoms with Gasteiger partial charge in [0.05, 0.1) is 0 Å². The summed E-state index contributed by atoms with van der Waals surface area (Å²) in [6.45, 7) is 0.551. The zero-order valence-electron chi connectivity index (χ0n) is 10.9. The van der Waals surface area contributed by atoms with Gasteiger partial charge in [0.1, 0.15) is 11.8 Å². The van der Waals surface area contributed by atoms with Gasteiger partial charge in [-0.15, -0.1) is 0 Å². The highest BCUT2D eigenvalue weighted by Crippen LogP contribution is 2.35. The minimum absolute atomic E-state index is 0.175. The van der Waals surface area contributed by atoms with Crippen molar-refractivity contribution in [2.45, 2.75) is 19.0 Å². The first-order valence-corrected chi connectivity index (χ1v) is 6.50. The Morgan fingerprint density at radius 3 is 2.65 bits per heavy atom. The number of fused-ring (bicyclic) bond motifs is 1. The van der Waals surface area contributed by atoms with Crippen molar-refractivity contribution in [3.05, 3.63) is 59.7 Å². The molecule has 3 rings (SSSR count). The number of hydrogen-bond acceptors (Lipinski definition) is 3. The van der Waals surface area contributed by atoms with Crippen molar-refractivity contribution in [3.8, 4) is 5.75 Å². The third-order valence-corrected chi connectivity index (χ3v) is 3.64. The van der Waals surface area contributed by atoms with E-state index in [0.29, 0.717) is 13.0 Å². The molecule has 0 amide bonds. The van der Waals surface area contributed by atoms with Crippen molar-refractivity contribution in [1.82, 2.24) is 0 Å². The molecule has 0 saturated heterocycles. The molecule has 102 valence electrons. The Morgan fingerprint density at radius 1 is 1.20 bits per heavy atom. The number of hydrogen-bond donors (Lipinski definition) is 2. The molecular weight excluding hydrogens is 254 g/mol. The van der Waals surface area contributed by atoms with E-state index in [1.807, 2.05) is 35.2 Å². The molecule has 0 radical (unpaired) electrons. The van der Waals surface area contributed by atoms with Crippen LogP contribution >= 0.6 is 0 Å². The van der Waals surface area contributed by atoms with E-state index in [0.717, 1.165) is 16.8 Å². The third-order valence-electron chi connectivity index (χ3n) is 3.64. The number of nitrogens with zero attached hydrogens (tertiary/aromatic N) is 1.